The molecule has 126 valence electrons. The molecule has 0 amide bonds. The smallest absolute Gasteiger partial charge is 0.0447 e. The van der Waals surface area contributed by atoms with Crippen molar-refractivity contribution in [3.05, 3.63) is 59.1 Å². The number of hydrogen-bond donors (Lipinski definition) is 2. The highest BCUT2D eigenvalue weighted by Crippen LogP contribution is 2.57. The summed E-state index contributed by atoms with van der Waals surface area (Å²) in [5.74, 6) is 1.08. The van der Waals surface area contributed by atoms with Crippen molar-refractivity contribution in [2.24, 2.45) is 17.4 Å². The predicted octanol–water partition coefficient (Wildman–Crippen LogP) is 4.71. The van der Waals surface area contributed by atoms with Crippen LogP contribution in [-0.2, 0) is 0 Å². The van der Waals surface area contributed by atoms with Gasteiger partial charge in [-0.05, 0) is 66.7 Å². The zero-order valence-corrected chi connectivity index (χ0v) is 14.7. The molecule has 2 fully saturated rings. The van der Waals surface area contributed by atoms with Gasteiger partial charge in [-0.3, -0.25) is 0 Å². The molecule has 4 rings (SSSR count). The molecular formula is C21H25ClN2. The van der Waals surface area contributed by atoms with E-state index < -0.39 is 0 Å². The van der Waals surface area contributed by atoms with Crippen LogP contribution in [0, 0.1) is 5.92 Å². The second kappa shape index (κ2) is 6.18. The third-order valence-electron chi connectivity index (χ3n) is 6.00. The van der Waals surface area contributed by atoms with Gasteiger partial charge in [-0.25, -0.2) is 0 Å². The van der Waals surface area contributed by atoms with Crippen molar-refractivity contribution >= 4 is 11.6 Å². The van der Waals surface area contributed by atoms with Crippen molar-refractivity contribution in [2.75, 3.05) is 0 Å². The Hall–Kier alpha value is -1.35. The molecule has 2 saturated carbocycles. The van der Waals surface area contributed by atoms with E-state index >= 15 is 0 Å². The van der Waals surface area contributed by atoms with Crippen molar-refractivity contribution in [1.29, 1.82) is 0 Å². The van der Waals surface area contributed by atoms with E-state index in [0.29, 0.717) is 17.9 Å². The van der Waals surface area contributed by atoms with Crippen LogP contribution in [0.15, 0.2) is 48.5 Å². The van der Waals surface area contributed by atoms with Gasteiger partial charge in [0.15, 0.2) is 0 Å². The zero-order chi connectivity index (χ0) is 16.7. The minimum atomic E-state index is -0.0397. The molecule has 2 aliphatic rings. The predicted molar refractivity (Wildman–Crippen MR) is 101 cm³/mol. The highest BCUT2D eigenvalue weighted by Gasteiger charge is 2.52. The van der Waals surface area contributed by atoms with Crippen LogP contribution in [0.25, 0.3) is 11.1 Å². The second-order valence-corrected chi connectivity index (χ2v) is 8.03. The maximum atomic E-state index is 6.73. The molecule has 0 unspecified atom stereocenters. The lowest BCUT2D eigenvalue weighted by Crippen LogP contribution is -2.48. The molecular weight excluding hydrogens is 316 g/mol. The number of benzene rings is 2. The van der Waals surface area contributed by atoms with E-state index in [1.165, 1.54) is 16.7 Å². The van der Waals surface area contributed by atoms with Gasteiger partial charge in [-0.2, -0.15) is 0 Å². The van der Waals surface area contributed by atoms with E-state index in [1.807, 2.05) is 6.07 Å². The molecule has 2 aromatic carbocycles. The van der Waals surface area contributed by atoms with Gasteiger partial charge in [0.2, 0.25) is 0 Å². The molecule has 0 spiro atoms. The minimum Gasteiger partial charge on any atom is -0.328 e. The topological polar surface area (TPSA) is 52.0 Å². The van der Waals surface area contributed by atoms with Crippen molar-refractivity contribution in [2.45, 2.75) is 49.6 Å². The quantitative estimate of drug-likeness (QED) is 0.850. The Morgan fingerprint density at radius 2 is 1.67 bits per heavy atom. The van der Waals surface area contributed by atoms with E-state index in [-0.39, 0.29) is 5.54 Å². The van der Waals surface area contributed by atoms with Crippen LogP contribution in [0.5, 0.6) is 0 Å². The Balaban J connectivity index is 1.52. The minimum absolute atomic E-state index is 0.0397. The fourth-order valence-corrected chi connectivity index (χ4v) is 4.68. The highest BCUT2D eigenvalue weighted by molar-refractivity contribution is 6.31. The number of hydrogen-bond acceptors (Lipinski definition) is 2. The molecule has 3 heteroatoms. The molecule has 0 saturated heterocycles. The Bertz CT molecular complexity index is 720. The van der Waals surface area contributed by atoms with E-state index in [2.05, 4.69) is 42.5 Å². The molecule has 0 bridgehead atoms. The summed E-state index contributed by atoms with van der Waals surface area (Å²) in [5.41, 5.74) is 16.4. The molecule has 2 atom stereocenters. The Kier molecular flexibility index (Phi) is 4.16. The third-order valence-corrected chi connectivity index (χ3v) is 6.32. The summed E-state index contributed by atoms with van der Waals surface area (Å²) in [6, 6.07) is 17.2. The molecule has 0 heterocycles. The Labute approximate surface area is 149 Å². The van der Waals surface area contributed by atoms with E-state index in [0.717, 1.165) is 37.1 Å². The van der Waals surface area contributed by atoms with Crippen LogP contribution in [0.2, 0.25) is 5.02 Å². The maximum Gasteiger partial charge on any atom is 0.0447 e. The largest absolute Gasteiger partial charge is 0.328 e. The highest BCUT2D eigenvalue weighted by atomic mass is 35.5. The van der Waals surface area contributed by atoms with Crippen LogP contribution in [-0.4, -0.2) is 11.6 Å². The fourth-order valence-electron chi connectivity index (χ4n) is 4.36. The van der Waals surface area contributed by atoms with Gasteiger partial charge < -0.3 is 11.5 Å². The zero-order valence-electron chi connectivity index (χ0n) is 13.9. The van der Waals surface area contributed by atoms with Crippen molar-refractivity contribution < 1.29 is 0 Å². The van der Waals surface area contributed by atoms with Crippen LogP contribution in [0.4, 0.5) is 0 Å². The van der Waals surface area contributed by atoms with Gasteiger partial charge in [0, 0.05) is 16.6 Å². The molecule has 2 nitrogen and oxygen atoms in total. The summed E-state index contributed by atoms with van der Waals surface area (Å²) in [4.78, 5) is 0. The first kappa shape index (κ1) is 16.1. The lowest BCUT2D eigenvalue weighted by Gasteiger charge is -2.37. The SMILES string of the molecule is NC1CCC(N)([C@@H]2C[C@H]2c2ccc(-c3ccccc3)cc2Cl)CC1. The van der Waals surface area contributed by atoms with Crippen LogP contribution >= 0.6 is 11.6 Å². The number of rotatable bonds is 3. The van der Waals surface area contributed by atoms with Gasteiger partial charge in [0.25, 0.3) is 0 Å². The molecule has 2 aliphatic carbocycles. The fraction of sp³-hybridized carbons (Fsp3) is 0.429. The molecule has 4 N–H and O–H groups in total. The van der Waals surface area contributed by atoms with Gasteiger partial charge >= 0.3 is 0 Å². The lowest BCUT2D eigenvalue weighted by atomic mass is 9.76. The standard InChI is InChI=1S/C21H25ClN2/c22-20-12-15(14-4-2-1-3-5-14)6-7-17(20)18-13-19(18)21(24)10-8-16(23)9-11-21/h1-7,12,16,18-19H,8-11,13,23-24H2/t16?,18-,19+,21?/m0/s1. The summed E-state index contributed by atoms with van der Waals surface area (Å²) in [6.07, 6.45) is 5.38. The maximum absolute atomic E-state index is 6.73. The third kappa shape index (κ3) is 2.99. The Morgan fingerprint density at radius 3 is 2.33 bits per heavy atom. The first-order chi connectivity index (χ1) is 11.6. The summed E-state index contributed by atoms with van der Waals surface area (Å²) >= 11 is 6.63. The van der Waals surface area contributed by atoms with Gasteiger partial charge in [0.05, 0.1) is 0 Å². The van der Waals surface area contributed by atoms with Gasteiger partial charge in [0.1, 0.15) is 0 Å². The van der Waals surface area contributed by atoms with Crippen molar-refractivity contribution in [3.63, 3.8) is 0 Å². The summed E-state index contributed by atoms with van der Waals surface area (Å²) in [5, 5.41) is 0.875. The van der Waals surface area contributed by atoms with E-state index in [4.69, 9.17) is 23.1 Å². The molecule has 0 aromatic heterocycles. The average molecular weight is 341 g/mol. The van der Waals surface area contributed by atoms with Crippen molar-refractivity contribution in [3.8, 4) is 11.1 Å². The van der Waals surface area contributed by atoms with Crippen LogP contribution in [0.3, 0.4) is 0 Å². The molecule has 0 aliphatic heterocycles. The Morgan fingerprint density at radius 1 is 0.958 bits per heavy atom. The van der Waals surface area contributed by atoms with Crippen LogP contribution in [0.1, 0.15) is 43.6 Å². The summed E-state index contributed by atoms with van der Waals surface area (Å²) < 4.78 is 0. The first-order valence-electron chi connectivity index (χ1n) is 8.96. The monoisotopic (exact) mass is 340 g/mol. The van der Waals surface area contributed by atoms with Crippen LogP contribution < -0.4 is 11.5 Å². The number of nitrogens with two attached hydrogens (primary N) is 2. The average Bonchev–Trinajstić information content (AvgIpc) is 3.40. The number of halogens is 1. The van der Waals surface area contributed by atoms with Gasteiger partial charge in [-0.1, -0.05) is 54.1 Å². The molecule has 24 heavy (non-hydrogen) atoms. The lowest BCUT2D eigenvalue weighted by molar-refractivity contribution is 0.239. The summed E-state index contributed by atoms with van der Waals surface area (Å²) in [6.45, 7) is 0. The molecule has 0 radical (unpaired) electrons. The summed E-state index contributed by atoms with van der Waals surface area (Å²) in [7, 11) is 0. The second-order valence-electron chi connectivity index (χ2n) is 7.62. The first-order valence-corrected chi connectivity index (χ1v) is 9.34. The molecule has 2 aromatic rings. The van der Waals surface area contributed by atoms with E-state index in [1.54, 1.807) is 0 Å². The van der Waals surface area contributed by atoms with E-state index in [9.17, 15) is 0 Å². The normalized spacial score (nSPS) is 32.5. The van der Waals surface area contributed by atoms with Crippen molar-refractivity contribution in [1.82, 2.24) is 0 Å². The van der Waals surface area contributed by atoms with Gasteiger partial charge in [-0.15, -0.1) is 0 Å².